The molecule has 0 fully saturated rings. The molecular formula is C29H24N2O3. The molecule has 0 spiro atoms. The van der Waals surface area contributed by atoms with E-state index < -0.39 is 12.1 Å². The minimum absolute atomic E-state index is 0.270. The van der Waals surface area contributed by atoms with Gasteiger partial charge in [0, 0.05) is 45.3 Å². The van der Waals surface area contributed by atoms with Gasteiger partial charge < -0.3 is 14.3 Å². The average Bonchev–Trinajstić information content (AvgIpc) is 3.43. The second-order valence-corrected chi connectivity index (χ2v) is 8.26. The lowest BCUT2D eigenvalue weighted by Crippen LogP contribution is -2.20. The molecule has 0 aliphatic rings. The number of H-pyrrole nitrogens is 1. The molecule has 0 radical (unpaired) electrons. The number of carbonyl (C=O) groups is 2. The molecule has 0 aliphatic carbocycles. The third-order valence-electron chi connectivity index (χ3n) is 6.09. The molecule has 0 aliphatic heterocycles. The van der Waals surface area contributed by atoms with Crippen molar-refractivity contribution in [1.82, 2.24) is 9.55 Å². The van der Waals surface area contributed by atoms with Crippen LogP contribution in [-0.2, 0) is 4.74 Å². The maximum atomic E-state index is 13.7. The largest absolute Gasteiger partial charge is 0.445 e. The normalized spacial score (nSPS) is 11.9. The number of hydrogen-bond acceptors (Lipinski definition) is 3. The van der Waals surface area contributed by atoms with E-state index in [0.717, 1.165) is 28.0 Å². The van der Waals surface area contributed by atoms with Crippen LogP contribution in [0.1, 0.15) is 43.8 Å². The quantitative estimate of drug-likeness (QED) is 0.243. The van der Waals surface area contributed by atoms with Gasteiger partial charge in [0.25, 0.3) is 0 Å². The van der Waals surface area contributed by atoms with E-state index in [1.54, 1.807) is 18.3 Å². The van der Waals surface area contributed by atoms with Crippen LogP contribution < -0.4 is 0 Å². The van der Waals surface area contributed by atoms with Crippen LogP contribution in [0.25, 0.3) is 16.6 Å². The van der Waals surface area contributed by atoms with Crippen LogP contribution in [0, 0.1) is 13.8 Å². The van der Waals surface area contributed by atoms with Gasteiger partial charge in [-0.3, -0.25) is 4.79 Å². The van der Waals surface area contributed by atoms with Crippen LogP contribution >= 0.6 is 0 Å². The summed E-state index contributed by atoms with van der Waals surface area (Å²) in [5.74, 6) is -0.800. The van der Waals surface area contributed by atoms with E-state index in [4.69, 9.17) is 4.74 Å². The lowest BCUT2D eigenvalue weighted by atomic mass is 9.99. The summed E-state index contributed by atoms with van der Waals surface area (Å²) < 4.78 is 7.94. The lowest BCUT2D eigenvalue weighted by Gasteiger charge is -2.17. The number of aromatic amines is 1. The number of aromatic nitrogens is 2. The highest BCUT2D eigenvalue weighted by Crippen LogP contribution is 2.29. The lowest BCUT2D eigenvalue weighted by molar-refractivity contribution is 0.0280. The van der Waals surface area contributed by atoms with Crippen LogP contribution in [0.5, 0.6) is 0 Å². The van der Waals surface area contributed by atoms with Gasteiger partial charge in [-0.25, -0.2) is 4.79 Å². The summed E-state index contributed by atoms with van der Waals surface area (Å²) in [7, 11) is 0. The number of aryl methyl sites for hydroxylation is 1. The number of para-hydroxylation sites is 2. The van der Waals surface area contributed by atoms with Gasteiger partial charge in [-0.05, 0) is 38.1 Å². The van der Waals surface area contributed by atoms with Crippen molar-refractivity contribution in [3.8, 4) is 5.69 Å². The first kappa shape index (κ1) is 21.5. The Morgan fingerprint density at radius 1 is 0.824 bits per heavy atom. The van der Waals surface area contributed by atoms with E-state index in [0.29, 0.717) is 16.7 Å². The van der Waals surface area contributed by atoms with Crippen LogP contribution in [0.4, 0.5) is 0 Å². The van der Waals surface area contributed by atoms with E-state index in [9.17, 15) is 9.59 Å². The van der Waals surface area contributed by atoms with Crippen molar-refractivity contribution in [1.29, 1.82) is 0 Å². The summed E-state index contributed by atoms with van der Waals surface area (Å²) in [4.78, 5) is 30.2. The van der Waals surface area contributed by atoms with Gasteiger partial charge in [-0.15, -0.1) is 0 Å². The third-order valence-corrected chi connectivity index (χ3v) is 6.09. The molecule has 0 unspecified atom stereocenters. The molecule has 1 N–H and O–H groups in total. The number of rotatable bonds is 6. The van der Waals surface area contributed by atoms with Gasteiger partial charge in [0.1, 0.15) is 0 Å². The zero-order chi connectivity index (χ0) is 23.7. The fourth-order valence-corrected chi connectivity index (χ4v) is 4.43. The van der Waals surface area contributed by atoms with Crippen molar-refractivity contribution in [2.75, 3.05) is 0 Å². The number of fused-ring (bicyclic) bond motifs is 1. The van der Waals surface area contributed by atoms with Gasteiger partial charge >= 0.3 is 5.97 Å². The van der Waals surface area contributed by atoms with Gasteiger partial charge in [-0.2, -0.15) is 0 Å². The van der Waals surface area contributed by atoms with E-state index in [1.807, 2.05) is 97.3 Å². The first-order valence-corrected chi connectivity index (χ1v) is 11.1. The van der Waals surface area contributed by atoms with Crippen molar-refractivity contribution in [3.63, 3.8) is 0 Å². The number of esters is 1. The highest BCUT2D eigenvalue weighted by molar-refractivity contribution is 6.11. The monoisotopic (exact) mass is 448 g/mol. The summed E-state index contributed by atoms with van der Waals surface area (Å²) in [5.41, 5.74) is 5.06. The van der Waals surface area contributed by atoms with Gasteiger partial charge in [0.2, 0.25) is 5.78 Å². The van der Waals surface area contributed by atoms with Crippen molar-refractivity contribution in [3.05, 3.63) is 125 Å². The number of Topliss-reactive ketones (excluding diaryl/α,β-unsaturated/α-hetero) is 1. The summed E-state index contributed by atoms with van der Waals surface area (Å²) in [6, 6.07) is 28.4. The molecule has 0 bridgehead atoms. The topological polar surface area (TPSA) is 64.1 Å². The number of nitrogens with one attached hydrogen (secondary N) is 1. The first-order chi connectivity index (χ1) is 16.5. The predicted molar refractivity (Wildman–Crippen MR) is 132 cm³/mol. The van der Waals surface area contributed by atoms with Crippen LogP contribution in [0.15, 0.2) is 97.2 Å². The summed E-state index contributed by atoms with van der Waals surface area (Å²) in [6.07, 6.45) is 0.616. The molecule has 168 valence electrons. The highest BCUT2D eigenvalue weighted by atomic mass is 16.5. The Morgan fingerprint density at radius 3 is 2.21 bits per heavy atom. The first-order valence-electron chi connectivity index (χ1n) is 11.1. The Kier molecular flexibility index (Phi) is 5.60. The second kappa shape index (κ2) is 8.87. The predicted octanol–water partition coefficient (Wildman–Crippen LogP) is 6.36. The Hall–Kier alpha value is -4.38. The Bertz CT molecular complexity index is 1480. The minimum atomic E-state index is -1.06. The molecule has 0 amide bonds. The van der Waals surface area contributed by atoms with E-state index >= 15 is 0 Å². The summed E-state index contributed by atoms with van der Waals surface area (Å²) in [5, 5.41) is 0.798. The average molecular weight is 449 g/mol. The van der Waals surface area contributed by atoms with E-state index in [1.165, 1.54) is 0 Å². The van der Waals surface area contributed by atoms with Crippen molar-refractivity contribution in [2.45, 2.75) is 20.0 Å². The number of carbonyl (C=O) groups excluding carboxylic acids is 2. The molecule has 2 aromatic heterocycles. The Balaban J connectivity index is 1.52. The molecule has 0 saturated carbocycles. The van der Waals surface area contributed by atoms with Gasteiger partial charge in [0.15, 0.2) is 6.10 Å². The molecule has 5 aromatic rings. The van der Waals surface area contributed by atoms with Crippen LogP contribution in [0.2, 0.25) is 0 Å². The molecule has 5 nitrogen and oxygen atoms in total. The maximum Gasteiger partial charge on any atom is 0.341 e. The summed E-state index contributed by atoms with van der Waals surface area (Å²) in [6.45, 7) is 3.83. The molecule has 2 heterocycles. The van der Waals surface area contributed by atoms with Crippen molar-refractivity contribution in [2.24, 2.45) is 0 Å². The Labute approximate surface area is 197 Å². The smallest absolute Gasteiger partial charge is 0.341 e. The van der Waals surface area contributed by atoms with Crippen molar-refractivity contribution >= 4 is 22.7 Å². The standard InChI is InChI=1S/C29H24N2O3/c1-19-17-24(20(2)31(19)22-13-7-4-8-14-22)29(33)34-28(21-11-5-3-6-12-21)27(32)25-18-30-26-16-10-9-15-23(25)26/h3-18,28,30H,1-2H3/t28-/m0/s1. The fourth-order valence-electron chi connectivity index (χ4n) is 4.43. The molecule has 34 heavy (non-hydrogen) atoms. The minimum Gasteiger partial charge on any atom is -0.445 e. The molecular weight excluding hydrogens is 424 g/mol. The van der Waals surface area contributed by atoms with Gasteiger partial charge in [0.05, 0.1) is 5.56 Å². The number of ketones is 1. The molecule has 5 heteroatoms. The van der Waals surface area contributed by atoms with E-state index in [-0.39, 0.29) is 5.78 Å². The second-order valence-electron chi connectivity index (χ2n) is 8.26. The van der Waals surface area contributed by atoms with Crippen molar-refractivity contribution < 1.29 is 14.3 Å². The number of benzene rings is 3. The molecule has 5 rings (SSSR count). The zero-order valence-electron chi connectivity index (χ0n) is 19.0. The number of ether oxygens (including phenoxy) is 1. The summed E-state index contributed by atoms with van der Waals surface area (Å²) >= 11 is 0. The van der Waals surface area contributed by atoms with E-state index in [2.05, 4.69) is 4.98 Å². The Morgan fingerprint density at radius 2 is 1.47 bits per heavy atom. The zero-order valence-corrected chi connectivity index (χ0v) is 19.0. The number of nitrogens with zero attached hydrogens (tertiary/aromatic N) is 1. The fraction of sp³-hybridized carbons (Fsp3) is 0.103. The van der Waals surface area contributed by atoms with Crippen LogP contribution in [-0.4, -0.2) is 21.3 Å². The molecule has 1 atom stereocenters. The highest BCUT2D eigenvalue weighted by Gasteiger charge is 2.30. The van der Waals surface area contributed by atoms with Gasteiger partial charge in [-0.1, -0.05) is 66.7 Å². The third kappa shape index (κ3) is 3.82. The molecule has 3 aromatic carbocycles. The molecule has 0 saturated heterocycles. The SMILES string of the molecule is Cc1cc(C(=O)O[C@H](C(=O)c2c[nH]c3ccccc23)c2ccccc2)c(C)n1-c1ccccc1. The van der Waals surface area contributed by atoms with Crippen LogP contribution in [0.3, 0.4) is 0 Å². The maximum absolute atomic E-state index is 13.7. The number of hydrogen-bond donors (Lipinski definition) is 1.